The first-order valence-corrected chi connectivity index (χ1v) is 4.08. The molecule has 1 aromatic carbocycles. The lowest BCUT2D eigenvalue weighted by molar-refractivity contribution is 0.259. The highest BCUT2D eigenvalue weighted by Crippen LogP contribution is 2.33. The van der Waals surface area contributed by atoms with E-state index in [0.29, 0.717) is 5.92 Å². The molecular formula is C10H12O. The van der Waals surface area contributed by atoms with Crippen LogP contribution in [0.5, 0.6) is 0 Å². The van der Waals surface area contributed by atoms with Crippen LogP contribution in [-0.2, 0) is 6.42 Å². The molecule has 2 rings (SSSR count). The van der Waals surface area contributed by atoms with Crippen LogP contribution in [-0.4, -0.2) is 11.2 Å². The van der Waals surface area contributed by atoms with Crippen LogP contribution in [0.2, 0.25) is 0 Å². The second-order valence-electron chi connectivity index (χ2n) is 3.25. The number of rotatable bonds is 2. The average Bonchev–Trinajstić information content (AvgIpc) is 2.69. The Balaban J connectivity index is 1.97. The van der Waals surface area contributed by atoms with E-state index in [1.807, 2.05) is 18.2 Å². The maximum absolute atomic E-state index is 9.09. The molecule has 0 aromatic heterocycles. The molecule has 1 saturated carbocycles. The molecule has 0 amide bonds. The van der Waals surface area contributed by atoms with Crippen LogP contribution >= 0.6 is 0 Å². The highest BCUT2D eigenvalue weighted by molar-refractivity contribution is 5.16. The van der Waals surface area contributed by atoms with Gasteiger partial charge in [-0.2, -0.15) is 0 Å². The Morgan fingerprint density at radius 1 is 1.27 bits per heavy atom. The molecule has 0 bridgehead atoms. The van der Waals surface area contributed by atoms with Gasteiger partial charge in [-0.15, -0.1) is 0 Å². The van der Waals surface area contributed by atoms with E-state index in [0.717, 1.165) is 12.8 Å². The molecule has 0 heterocycles. The van der Waals surface area contributed by atoms with Gasteiger partial charge >= 0.3 is 0 Å². The van der Waals surface area contributed by atoms with Gasteiger partial charge in [0.25, 0.3) is 0 Å². The lowest BCUT2D eigenvalue weighted by atomic mass is 10.1. The summed E-state index contributed by atoms with van der Waals surface area (Å²) in [6, 6.07) is 10.3. The van der Waals surface area contributed by atoms with Crippen LogP contribution in [0.4, 0.5) is 0 Å². The molecule has 1 aliphatic rings. The molecule has 0 spiro atoms. The minimum absolute atomic E-state index is 0.0183. The summed E-state index contributed by atoms with van der Waals surface area (Å²) < 4.78 is 0. The molecule has 1 heteroatoms. The molecule has 2 unspecified atom stereocenters. The predicted octanol–water partition coefficient (Wildman–Crippen LogP) is 1.61. The van der Waals surface area contributed by atoms with E-state index in [1.54, 1.807) is 0 Å². The Hall–Kier alpha value is -0.820. The Morgan fingerprint density at radius 2 is 1.91 bits per heavy atom. The van der Waals surface area contributed by atoms with Crippen molar-refractivity contribution in [2.45, 2.75) is 18.9 Å². The van der Waals surface area contributed by atoms with Gasteiger partial charge in [0.15, 0.2) is 0 Å². The fourth-order valence-electron chi connectivity index (χ4n) is 1.37. The van der Waals surface area contributed by atoms with Gasteiger partial charge in [-0.25, -0.2) is 0 Å². The second kappa shape index (κ2) is 2.67. The molecule has 2 atom stereocenters. The van der Waals surface area contributed by atoms with Crippen molar-refractivity contribution in [3.63, 3.8) is 0 Å². The van der Waals surface area contributed by atoms with Gasteiger partial charge in [0.1, 0.15) is 0 Å². The van der Waals surface area contributed by atoms with E-state index in [-0.39, 0.29) is 6.10 Å². The normalized spacial score (nSPS) is 28.5. The molecule has 0 aliphatic heterocycles. The monoisotopic (exact) mass is 148 g/mol. The van der Waals surface area contributed by atoms with Crippen LogP contribution in [0.1, 0.15) is 12.0 Å². The molecule has 1 aromatic rings. The molecule has 1 fully saturated rings. The fraction of sp³-hybridized carbons (Fsp3) is 0.400. The third kappa shape index (κ3) is 1.60. The summed E-state index contributed by atoms with van der Waals surface area (Å²) in [7, 11) is 0. The fourth-order valence-corrected chi connectivity index (χ4v) is 1.37. The van der Waals surface area contributed by atoms with Gasteiger partial charge in [-0.3, -0.25) is 0 Å². The first-order chi connectivity index (χ1) is 5.36. The number of hydrogen-bond donors (Lipinski definition) is 1. The van der Waals surface area contributed by atoms with Crippen LogP contribution in [0.25, 0.3) is 0 Å². The summed E-state index contributed by atoms with van der Waals surface area (Å²) in [6.45, 7) is 0. The minimum Gasteiger partial charge on any atom is -0.393 e. The van der Waals surface area contributed by atoms with E-state index >= 15 is 0 Å². The number of hydrogen-bond acceptors (Lipinski definition) is 1. The third-order valence-electron chi connectivity index (χ3n) is 2.23. The molecule has 1 nitrogen and oxygen atoms in total. The standard InChI is InChI=1S/C10H12O/c11-10-7-9(10)6-8-4-2-1-3-5-8/h1-5,9-11H,6-7H2. The minimum atomic E-state index is -0.0183. The largest absolute Gasteiger partial charge is 0.393 e. The van der Waals surface area contributed by atoms with Gasteiger partial charge in [-0.05, 0) is 24.3 Å². The Morgan fingerprint density at radius 3 is 2.45 bits per heavy atom. The summed E-state index contributed by atoms with van der Waals surface area (Å²) in [6.07, 6.45) is 2.02. The van der Waals surface area contributed by atoms with Crippen molar-refractivity contribution in [2.75, 3.05) is 0 Å². The Labute approximate surface area is 66.7 Å². The SMILES string of the molecule is OC1CC1Cc1ccccc1. The first-order valence-electron chi connectivity index (χ1n) is 4.08. The van der Waals surface area contributed by atoms with Crippen LogP contribution < -0.4 is 0 Å². The number of benzene rings is 1. The highest BCUT2D eigenvalue weighted by atomic mass is 16.3. The van der Waals surface area contributed by atoms with Gasteiger partial charge < -0.3 is 5.11 Å². The zero-order valence-electron chi connectivity index (χ0n) is 6.40. The van der Waals surface area contributed by atoms with E-state index < -0.39 is 0 Å². The van der Waals surface area contributed by atoms with Crippen LogP contribution in [0, 0.1) is 5.92 Å². The van der Waals surface area contributed by atoms with E-state index in [9.17, 15) is 0 Å². The van der Waals surface area contributed by atoms with Gasteiger partial charge in [0.2, 0.25) is 0 Å². The molecule has 11 heavy (non-hydrogen) atoms. The van der Waals surface area contributed by atoms with Crippen molar-refractivity contribution in [3.8, 4) is 0 Å². The molecular weight excluding hydrogens is 136 g/mol. The quantitative estimate of drug-likeness (QED) is 0.675. The first kappa shape index (κ1) is 6.86. The highest BCUT2D eigenvalue weighted by Gasteiger charge is 2.34. The molecule has 1 aliphatic carbocycles. The van der Waals surface area contributed by atoms with Gasteiger partial charge in [0, 0.05) is 0 Å². The summed E-state index contributed by atoms with van der Waals surface area (Å²) in [5, 5.41) is 9.09. The summed E-state index contributed by atoms with van der Waals surface area (Å²) in [5.41, 5.74) is 1.34. The van der Waals surface area contributed by atoms with Crippen LogP contribution in [0.3, 0.4) is 0 Å². The summed E-state index contributed by atoms with van der Waals surface area (Å²) in [4.78, 5) is 0. The number of aliphatic hydroxyl groups excluding tert-OH is 1. The average molecular weight is 148 g/mol. The van der Waals surface area contributed by atoms with E-state index in [4.69, 9.17) is 5.11 Å². The Kier molecular flexibility index (Phi) is 1.66. The van der Waals surface area contributed by atoms with Crippen molar-refractivity contribution in [3.05, 3.63) is 35.9 Å². The lowest BCUT2D eigenvalue weighted by Crippen LogP contribution is -1.90. The maximum Gasteiger partial charge on any atom is 0.0576 e. The smallest absolute Gasteiger partial charge is 0.0576 e. The summed E-state index contributed by atoms with van der Waals surface area (Å²) in [5.74, 6) is 0.539. The van der Waals surface area contributed by atoms with Crippen molar-refractivity contribution < 1.29 is 5.11 Å². The zero-order chi connectivity index (χ0) is 7.68. The van der Waals surface area contributed by atoms with E-state index in [1.165, 1.54) is 5.56 Å². The van der Waals surface area contributed by atoms with Gasteiger partial charge in [0.05, 0.1) is 6.10 Å². The van der Waals surface area contributed by atoms with Crippen molar-refractivity contribution >= 4 is 0 Å². The molecule has 0 saturated heterocycles. The second-order valence-corrected chi connectivity index (χ2v) is 3.25. The van der Waals surface area contributed by atoms with Crippen LogP contribution in [0.15, 0.2) is 30.3 Å². The molecule has 58 valence electrons. The Bertz CT molecular complexity index is 230. The predicted molar refractivity (Wildman–Crippen MR) is 44.3 cm³/mol. The van der Waals surface area contributed by atoms with Crippen molar-refractivity contribution in [1.29, 1.82) is 0 Å². The molecule has 1 N–H and O–H groups in total. The van der Waals surface area contributed by atoms with E-state index in [2.05, 4.69) is 12.1 Å². The topological polar surface area (TPSA) is 20.2 Å². The van der Waals surface area contributed by atoms with Gasteiger partial charge in [-0.1, -0.05) is 30.3 Å². The zero-order valence-corrected chi connectivity index (χ0v) is 6.40. The lowest BCUT2D eigenvalue weighted by Gasteiger charge is -1.96. The van der Waals surface area contributed by atoms with Crippen molar-refractivity contribution in [2.24, 2.45) is 5.92 Å². The molecule has 0 radical (unpaired) electrons. The maximum atomic E-state index is 9.09. The number of aliphatic hydroxyl groups is 1. The van der Waals surface area contributed by atoms with Crippen molar-refractivity contribution in [1.82, 2.24) is 0 Å². The summed E-state index contributed by atoms with van der Waals surface area (Å²) >= 11 is 0. The third-order valence-corrected chi connectivity index (χ3v) is 2.23.